The van der Waals surface area contributed by atoms with Crippen LogP contribution in [0.15, 0.2) is 42.5 Å². The standard InChI is InChI=1S/C30H32FN3O2/c1-18-2-7-23-26(32-18)10-11-29-30(23)36-22(17-35-29)16-34(14-19-3-4-19)15-20-5-8-27-24(12-20)25-13-21(31)6-9-28(25)33-27/h2,6-7,9-11,13,19-20,22,33H,3-5,8,12,14-17H2,1H3/t20-,22+/m1/s1. The zero-order valence-corrected chi connectivity index (χ0v) is 20.7. The predicted octanol–water partition coefficient (Wildman–Crippen LogP) is 5.82. The van der Waals surface area contributed by atoms with Gasteiger partial charge in [-0.2, -0.15) is 0 Å². The van der Waals surface area contributed by atoms with Crippen LogP contribution in [0.25, 0.3) is 21.8 Å². The number of fused-ring (bicyclic) bond motifs is 6. The molecule has 1 aliphatic heterocycles. The lowest BCUT2D eigenvalue weighted by molar-refractivity contribution is 0.0532. The van der Waals surface area contributed by atoms with Crippen LogP contribution in [0, 0.1) is 24.6 Å². The monoisotopic (exact) mass is 485 g/mol. The van der Waals surface area contributed by atoms with Gasteiger partial charge in [0.2, 0.25) is 0 Å². The molecule has 0 saturated heterocycles. The lowest BCUT2D eigenvalue weighted by atomic mass is 9.86. The highest BCUT2D eigenvalue weighted by Crippen LogP contribution is 2.39. The Morgan fingerprint density at radius 3 is 2.78 bits per heavy atom. The third kappa shape index (κ3) is 4.21. The molecule has 2 aliphatic carbocycles. The van der Waals surface area contributed by atoms with Crippen LogP contribution in [0.1, 0.15) is 36.2 Å². The van der Waals surface area contributed by atoms with Gasteiger partial charge in [-0.3, -0.25) is 9.88 Å². The minimum absolute atomic E-state index is 0.00973. The van der Waals surface area contributed by atoms with E-state index in [2.05, 4.69) is 20.9 Å². The normalized spacial score (nSPS) is 21.3. The van der Waals surface area contributed by atoms with Gasteiger partial charge in [-0.25, -0.2) is 4.39 Å². The summed E-state index contributed by atoms with van der Waals surface area (Å²) < 4.78 is 26.7. The Kier molecular flexibility index (Phi) is 5.38. The Bertz CT molecular complexity index is 1440. The zero-order valence-electron chi connectivity index (χ0n) is 20.7. The molecule has 186 valence electrons. The van der Waals surface area contributed by atoms with Crippen molar-refractivity contribution in [2.45, 2.75) is 45.1 Å². The maximum Gasteiger partial charge on any atom is 0.171 e. The summed E-state index contributed by atoms with van der Waals surface area (Å²) >= 11 is 0. The first-order valence-corrected chi connectivity index (χ1v) is 13.3. The largest absolute Gasteiger partial charge is 0.486 e. The van der Waals surface area contributed by atoms with Gasteiger partial charge >= 0.3 is 0 Å². The fourth-order valence-electron chi connectivity index (χ4n) is 6.13. The number of halogens is 1. The van der Waals surface area contributed by atoms with Crippen LogP contribution in [-0.2, 0) is 12.8 Å². The van der Waals surface area contributed by atoms with E-state index in [1.165, 1.54) is 24.1 Å². The van der Waals surface area contributed by atoms with Gasteiger partial charge in [-0.15, -0.1) is 0 Å². The topological polar surface area (TPSA) is 50.4 Å². The van der Waals surface area contributed by atoms with Crippen molar-refractivity contribution in [2.75, 3.05) is 26.2 Å². The quantitative estimate of drug-likeness (QED) is 0.374. The Morgan fingerprint density at radius 2 is 1.89 bits per heavy atom. The Labute approximate surface area is 210 Å². The molecule has 1 saturated carbocycles. The van der Waals surface area contributed by atoms with Crippen molar-refractivity contribution in [1.29, 1.82) is 0 Å². The SMILES string of the molecule is Cc1ccc2c3c(ccc2n1)OC[C@H](CN(CC1CC1)C[C@@H]1CCc2[nH]c4ccc(F)cc4c2C1)O3. The van der Waals surface area contributed by atoms with Gasteiger partial charge in [0.05, 0.1) is 5.52 Å². The summed E-state index contributed by atoms with van der Waals surface area (Å²) in [5.41, 5.74) is 5.60. The molecule has 2 aromatic heterocycles. The molecule has 3 heterocycles. The van der Waals surface area contributed by atoms with Gasteiger partial charge < -0.3 is 14.5 Å². The third-order valence-electron chi connectivity index (χ3n) is 8.08. The molecule has 6 heteroatoms. The van der Waals surface area contributed by atoms with E-state index in [1.54, 1.807) is 12.1 Å². The number of nitrogens with one attached hydrogen (secondary N) is 1. The Hall–Kier alpha value is -3.12. The van der Waals surface area contributed by atoms with E-state index in [1.807, 2.05) is 31.2 Å². The second-order valence-electron chi connectivity index (χ2n) is 11.0. The molecule has 2 aromatic carbocycles. The van der Waals surface area contributed by atoms with E-state index in [4.69, 9.17) is 9.47 Å². The van der Waals surface area contributed by atoms with Crippen LogP contribution in [0.5, 0.6) is 11.5 Å². The van der Waals surface area contributed by atoms with E-state index in [9.17, 15) is 4.39 Å². The lowest BCUT2D eigenvalue weighted by Gasteiger charge is -2.34. The van der Waals surface area contributed by atoms with E-state index in [0.717, 1.165) is 83.8 Å². The maximum absolute atomic E-state index is 14.0. The van der Waals surface area contributed by atoms with Crippen molar-refractivity contribution in [3.05, 3.63) is 65.2 Å². The molecule has 1 N–H and O–H groups in total. The molecule has 2 atom stereocenters. The van der Waals surface area contributed by atoms with Crippen molar-refractivity contribution >= 4 is 21.8 Å². The average molecular weight is 486 g/mol. The second kappa shape index (κ2) is 8.77. The summed E-state index contributed by atoms with van der Waals surface area (Å²) in [6, 6.07) is 13.2. The van der Waals surface area contributed by atoms with Crippen LogP contribution in [0.4, 0.5) is 4.39 Å². The minimum atomic E-state index is -0.158. The summed E-state index contributed by atoms with van der Waals surface area (Å²) in [5.74, 6) is 2.84. The molecule has 0 bridgehead atoms. The molecule has 3 aliphatic rings. The second-order valence-corrected chi connectivity index (χ2v) is 11.0. The summed E-state index contributed by atoms with van der Waals surface area (Å²) in [6.45, 7) is 5.60. The van der Waals surface area contributed by atoms with E-state index >= 15 is 0 Å². The minimum Gasteiger partial charge on any atom is -0.486 e. The molecule has 5 nitrogen and oxygen atoms in total. The zero-order chi connectivity index (χ0) is 24.2. The average Bonchev–Trinajstić information content (AvgIpc) is 3.62. The molecule has 4 aromatic rings. The Morgan fingerprint density at radius 1 is 1.00 bits per heavy atom. The van der Waals surface area contributed by atoms with Crippen LogP contribution < -0.4 is 9.47 Å². The van der Waals surface area contributed by atoms with E-state index < -0.39 is 0 Å². The Balaban J connectivity index is 1.09. The molecule has 0 spiro atoms. The first-order chi connectivity index (χ1) is 17.6. The van der Waals surface area contributed by atoms with Crippen LogP contribution in [0.2, 0.25) is 0 Å². The van der Waals surface area contributed by atoms with Crippen LogP contribution in [0.3, 0.4) is 0 Å². The van der Waals surface area contributed by atoms with Crippen molar-refractivity contribution < 1.29 is 13.9 Å². The predicted molar refractivity (Wildman–Crippen MR) is 139 cm³/mol. The smallest absolute Gasteiger partial charge is 0.171 e. The number of aromatic nitrogens is 2. The summed E-state index contributed by atoms with van der Waals surface area (Å²) in [5, 5.41) is 2.07. The number of benzene rings is 2. The highest BCUT2D eigenvalue weighted by molar-refractivity contribution is 5.88. The molecule has 7 rings (SSSR count). The number of pyridine rings is 1. The van der Waals surface area contributed by atoms with Crippen molar-refractivity contribution in [2.24, 2.45) is 11.8 Å². The maximum atomic E-state index is 14.0. The number of H-pyrrole nitrogens is 1. The first-order valence-electron chi connectivity index (χ1n) is 13.3. The number of aryl methyl sites for hydroxylation is 2. The molecular formula is C30H32FN3O2. The van der Waals surface area contributed by atoms with E-state index in [-0.39, 0.29) is 11.9 Å². The molecular weight excluding hydrogens is 453 g/mol. The summed E-state index contributed by atoms with van der Waals surface area (Å²) in [7, 11) is 0. The van der Waals surface area contributed by atoms with Crippen molar-refractivity contribution in [1.82, 2.24) is 14.9 Å². The van der Waals surface area contributed by atoms with Crippen molar-refractivity contribution in [3.63, 3.8) is 0 Å². The number of hydrogen-bond acceptors (Lipinski definition) is 4. The summed E-state index contributed by atoms with van der Waals surface area (Å²) in [6.07, 6.45) is 5.83. The third-order valence-corrected chi connectivity index (χ3v) is 8.08. The van der Waals surface area contributed by atoms with Crippen LogP contribution in [-0.4, -0.2) is 47.2 Å². The number of hydrogen-bond donors (Lipinski definition) is 1. The van der Waals surface area contributed by atoms with Crippen molar-refractivity contribution in [3.8, 4) is 11.5 Å². The molecule has 0 radical (unpaired) electrons. The fraction of sp³-hybridized carbons (Fsp3) is 0.433. The van der Waals surface area contributed by atoms with Gasteiger partial charge in [-0.1, -0.05) is 0 Å². The van der Waals surface area contributed by atoms with Gasteiger partial charge in [0.25, 0.3) is 0 Å². The molecule has 36 heavy (non-hydrogen) atoms. The summed E-state index contributed by atoms with van der Waals surface area (Å²) in [4.78, 5) is 10.8. The van der Waals surface area contributed by atoms with Crippen LogP contribution >= 0.6 is 0 Å². The number of nitrogens with zero attached hydrogens (tertiary/aromatic N) is 2. The van der Waals surface area contributed by atoms with Gasteiger partial charge in [0.15, 0.2) is 11.5 Å². The number of ether oxygens (including phenoxy) is 2. The number of aromatic amines is 1. The van der Waals surface area contributed by atoms with E-state index in [0.29, 0.717) is 12.5 Å². The van der Waals surface area contributed by atoms with Gasteiger partial charge in [0, 0.05) is 47.3 Å². The highest BCUT2D eigenvalue weighted by Gasteiger charge is 2.32. The molecule has 0 amide bonds. The molecule has 0 unspecified atom stereocenters. The fourth-order valence-corrected chi connectivity index (χ4v) is 6.13. The first kappa shape index (κ1) is 22.1. The highest BCUT2D eigenvalue weighted by atomic mass is 19.1. The van der Waals surface area contributed by atoms with Gasteiger partial charge in [-0.05, 0) is 98.9 Å². The lowest BCUT2D eigenvalue weighted by Crippen LogP contribution is -2.44. The molecule has 1 fully saturated rings. The van der Waals surface area contributed by atoms with Gasteiger partial charge in [0.1, 0.15) is 18.5 Å². The number of rotatable bonds is 6.